The van der Waals surface area contributed by atoms with E-state index in [4.69, 9.17) is 0 Å². The van der Waals surface area contributed by atoms with E-state index in [1.54, 1.807) is 6.07 Å². The summed E-state index contributed by atoms with van der Waals surface area (Å²) in [6.07, 6.45) is 2.07. The predicted octanol–water partition coefficient (Wildman–Crippen LogP) is 2.99. The van der Waals surface area contributed by atoms with Gasteiger partial charge in [0, 0.05) is 54.0 Å². The SMILES string of the molecule is C=C1/C(F)=c2\c(c(N3CC4CCC(C3)N4)nc(=O)n2C)=C(/C)[S-](C(C)C)#Cc2c(F)ccc3cc(O)cc1c23. The number of phenolic OH excluding ortho intramolecular Hbond substituents is 1. The number of halogens is 2. The fourth-order valence-corrected chi connectivity index (χ4v) is 8.09. The highest BCUT2D eigenvalue weighted by Gasteiger charge is 2.33. The van der Waals surface area contributed by atoms with E-state index in [0.29, 0.717) is 34.9 Å². The van der Waals surface area contributed by atoms with Crippen molar-refractivity contribution in [2.45, 2.75) is 50.9 Å². The van der Waals surface area contributed by atoms with Gasteiger partial charge in [0.2, 0.25) is 0 Å². The van der Waals surface area contributed by atoms with E-state index in [9.17, 15) is 9.90 Å². The third kappa shape index (κ3) is 4.11. The van der Waals surface area contributed by atoms with Crippen molar-refractivity contribution in [3.05, 3.63) is 68.8 Å². The van der Waals surface area contributed by atoms with Gasteiger partial charge in [-0.15, -0.1) is 5.25 Å². The van der Waals surface area contributed by atoms with Gasteiger partial charge in [0.15, 0.2) is 5.83 Å². The van der Waals surface area contributed by atoms with E-state index >= 15 is 8.78 Å². The molecule has 6 nitrogen and oxygen atoms in total. The summed E-state index contributed by atoms with van der Waals surface area (Å²) in [5.41, 5.74) is -0.117. The number of aromatic hydroxyl groups is 1. The second kappa shape index (κ2) is 9.37. The molecule has 0 radical (unpaired) electrons. The quantitative estimate of drug-likeness (QED) is 0.457. The number of hydrogen-bond acceptors (Lipinski definition) is 6. The van der Waals surface area contributed by atoms with Crippen LogP contribution >= 0.6 is 0 Å². The van der Waals surface area contributed by atoms with Crippen LogP contribution in [-0.4, -0.2) is 45.1 Å². The minimum atomic E-state index is -0.780. The number of aromatic nitrogens is 2. The highest BCUT2D eigenvalue weighted by Crippen LogP contribution is 2.36. The van der Waals surface area contributed by atoms with E-state index < -0.39 is 27.6 Å². The van der Waals surface area contributed by atoms with Gasteiger partial charge in [-0.3, -0.25) is 9.75 Å². The van der Waals surface area contributed by atoms with Gasteiger partial charge >= 0.3 is 5.69 Å². The first kappa shape index (κ1) is 25.9. The molecule has 2 atom stereocenters. The van der Waals surface area contributed by atoms with Gasteiger partial charge in [0.05, 0.1) is 5.35 Å². The van der Waals surface area contributed by atoms with Crippen molar-refractivity contribution < 1.29 is 13.9 Å². The van der Waals surface area contributed by atoms with Crippen LogP contribution in [0.4, 0.5) is 14.6 Å². The summed E-state index contributed by atoms with van der Waals surface area (Å²) in [4.78, 5) is 20.6. The summed E-state index contributed by atoms with van der Waals surface area (Å²) >= 11 is 0. The molecule has 2 fully saturated rings. The average molecular weight is 550 g/mol. The van der Waals surface area contributed by atoms with E-state index in [0.717, 1.165) is 17.7 Å². The molecule has 204 valence electrons. The zero-order chi connectivity index (χ0) is 27.7. The molecule has 1 aromatic heterocycles. The van der Waals surface area contributed by atoms with E-state index in [2.05, 4.69) is 27.0 Å². The van der Waals surface area contributed by atoms with Gasteiger partial charge in [0.1, 0.15) is 17.4 Å². The molecule has 2 unspecified atom stereocenters. The molecule has 3 aliphatic rings. The highest BCUT2D eigenvalue weighted by atomic mass is 32.2. The molecule has 0 aliphatic carbocycles. The molecule has 0 amide bonds. The van der Waals surface area contributed by atoms with Crippen LogP contribution in [0.2, 0.25) is 0 Å². The minimum Gasteiger partial charge on any atom is -0.508 e. The number of phenols is 1. The van der Waals surface area contributed by atoms with E-state index in [1.807, 2.05) is 20.8 Å². The average Bonchev–Trinajstić information content (AvgIpc) is 3.24. The summed E-state index contributed by atoms with van der Waals surface area (Å²) in [5, 5.41) is 19.1. The number of hydrogen-bond donors (Lipinski definition) is 2. The lowest BCUT2D eigenvalue weighted by Gasteiger charge is -2.35. The predicted molar refractivity (Wildman–Crippen MR) is 155 cm³/mol. The molecule has 3 aromatic rings. The Morgan fingerprint density at radius 3 is 2.56 bits per heavy atom. The van der Waals surface area contributed by atoms with Gasteiger partial charge in [0.25, 0.3) is 0 Å². The van der Waals surface area contributed by atoms with Crippen LogP contribution in [0.3, 0.4) is 0 Å². The number of rotatable bonds is 1. The Morgan fingerprint density at radius 1 is 1.21 bits per heavy atom. The van der Waals surface area contributed by atoms with Crippen LogP contribution in [0.25, 0.3) is 27.1 Å². The smallest absolute Gasteiger partial charge is 0.349 e. The first-order chi connectivity index (χ1) is 18.5. The molecule has 0 saturated carbocycles. The molecule has 39 heavy (non-hydrogen) atoms. The molecular weight excluding hydrogens is 518 g/mol. The standard InChI is InChI=1S/C30H31F2N4O2S/c1-15(2)39-14-23-24(31)9-6-18-10-21(37)11-22(26(18)23)16(3)27(32)28-25(17(39)4)29(34-30(38)35(28)5)36-12-19-7-8-20(13-36)33-19/h6,9-11,15,19-20,33,37H,3,7-8,12-13H2,1-2,4-5H3/q-1/b25-17-,28-27-. The molecule has 3 aliphatic heterocycles. The number of anilines is 1. The zero-order valence-corrected chi connectivity index (χ0v) is 23.3. The van der Waals surface area contributed by atoms with Gasteiger partial charge in [-0.2, -0.15) is 9.89 Å². The Hall–Kier alpha value is -3.39. The number of allylic oxidation sites excluding steroid dienone is 1. The summed E-state index contributed by atoms with van der Waals surface area (Å²) in [6, 6.07) is 6.38. The van der Waals surface area contributed by atoms with Crippen molar-refractivity contribution >= 4 is 43.2 Å². The summed E-state index contributed by atoms with van der Waals surface area (Å²) in [6.45, 7) is 11.3. The molecular formula is C30H31F2N4O2S-. The Kier molecular flexibility index (Phi) is 6.21. The van der Waals surface area contributed by atoms with Crippen molar-refractivity contribution in [2.75, 3.05) is 18.0 Å². The van der Waals surface area contributed by atoms with Crippen LogP contribution < -0.4 is 26.5 Å². The molecule has 2 bridgehead atoms. The molecule has 0 spiro atoms. The van der Waals surface area contributed by atoms with Gasteiger partial charge < -0.3 is 25.6 Å². The maximum absolute atomic E-state index is 16.8. The van der Waals surface area contributed by atoms with Crippen LogP contribution in [0, 0.1) is 11.0 Å². The molecule has 2 N–H and O–H groups in total. The van der Waals surface area contributed by atoms with Crippen molar-refractivity contribution in [1.82, 2.24) is 14.9 Å². The lowest BCUT2D eigenvalue weighted by molar-refractivity contribution is 0.461. The normalized spacial score (nSPS) is 24.1. The van der Waals surface area contributed by atoms with E-state index in [1.165, 1.54) is 29.8 Å². The first-order valence-electron chi connectivity index (χ1n) is 13.2. The topological polar surface area (TPSA) is 70.4 Å². The molecule has 2 aromatic carbocycles. The van der Waals surface area contributed by atoms with Crippen LogP contribution in [0.15, 0.2) is 35.6 Å². The monoisotopic (exact) mass is 549 g/mol. The van der Waals surface area contributed by atoms with Crippen LogP contribution in [-0.2, 0) is 17.4 Å². The highest BCUT2D eigenvalue weighted by molar-refractivity contribution is 7.96. The van der Waals surface area contributed by atoms with E-state index in [-0.39, 0.29) is 45.1 Å². The number of piperazine rings is 1. The number of nitrogens with one attached hydrogen (secondary N) is 1. The van der Waals surface area contributed by atoms with Gasteiger partial charge in [-0.05, 0) is 42.0 Å². The molecule has 6 rings (SSSR count). The first-order valence-corrected chi connectivity index (χ1v) is 14.5. The number of benzene rings is 2. The lowest BCUT2D eigenvalue weighted by Crippen LogP contribution is -2.56. The molecule has 4 heterocycles. The third-order valence-corrected chi connectivity index (χ3v) is 10.2. The van der Waals surface area contributed by atoms with Crippen molar-refractivity contribution in [3.8, 4) is 10.9 Å². The van der Waals surface area contributed by atoms with Gasteiger partial charge in [-0.25, -0.2) is 13.6 Å². The fourth-order valence-electron chi connectivity index (χ4n) is 6.16. The summed E-state index contributed by atoms with van der Waals surface area (Å²) in [5.74, 6) is -0.830. The van der Waals surface area contributed by atoms with Crippen LogP contribution in [0.1, 0.15) is 44.7 Å². The van der Waals surface area contributed by atoms with Crippen molar-refractivity contribution in [2.24, 2.45) is 7.05 Å². The second-order valence-electron chi connectivity index (χ2n) is 10.9. The largest absolute Gasteiger partial charge is 0.508 e. The molecule has 2 saturated heterocycles. The Labute approximate surface area is 227 Å². The minimum absolute atomic E-state index is 0.00282. The van der Waals surface area contributed by atoms with Crippen molar-refractivity contribution in [1.29, 1.82) is 0 Å². The van der Waals surface area contributed by atoms with Crippen molar-refractivity contribution in [3.63, 3.8) is 0 Å². The van der Waals surface area contributed by atoms with Crippen LogP contribution in [0.5, 0.6) is 5.75 Å². The maximum Gasteiger partial charge on any atom is 0.349 e. The maximum atomic E-state index is 16.8. The van der Waals surface area contributed by atoms with Gasteiger partial charge in [-0.1, -0.05) is 33.4 Å². The Morgan fingerprint density at radius 2 is 1.90 bits per heavy atom. The lowest BCUT2D eigenvalue weighted by atomic mass is 9.94. The number of nitrogens with zero attached hydrogens (tertiary/aromatic N) is 3. The third-order valence-electron chi connectivity index (χ3n) is 8.02. The second-order valence-corrected chi connectivity index (χ2v) is 13.3. The number of fused-ring (bicyclic) bond motifs is 3. The summed E-state index contributed by atoms with van der Waals surface area (Å²) in [7, 11) is 0.732. The Balaban J connectivity index is 1.84. The zero-order valence-electron chi connectivity index (χ0n) is 22.4. The molecule has 9 heteroatoms. The summed E-state index contributed by atoms with van der Waals surface area (Å²) < 4.78 is 33.6. The fraction of sp³-hybridized carbons (Fsp3) is 0.367. The Bertz CT molecular complexity index is 1850.